The summed E-state index contributed by atoms with van der Waals surface area (Å²) < 4.78 is 0. The Bertz CT molecular complexity index is 512. The maximum absolute atomic E-state index is 4.34. The molecule has 0 atom stereocenters. The number of hydrogen-bond acceptors (Lipinski definition) is 3. The molecule has 0 spiro atoms. The normalized spacial score (nSPS) is 13.6. The lowest BCUT2D eigenvalue weighted by Gasteiger charge is -2.18. The van der Waals surface area contributed by atoms with Gasteiger partial charge in [0.15, 0.2) is 0 Å². The summed E-state index contributed by atoms with van der Waals surface area (Å²) in [4.78, 5) is 6.60. The average Bonchev–Trinajstić information content (AvgIpc) is 3.23. The van der Waals surface area contributed by atoms with Crippen LogP contribution in [0.1, 0.15) is 89.5 Å². The number of benzene rings is 1. The van der Waals surface area contributed by atoms with Gasteiger partial charge >= 0.3 is 0 Å². The molecule has 1 aliphatic heterocycles. The van der Waals surface area contributed by atoms with Crippen molar-refractivity contribution in [2.24, 2.45) is 4.99 Å². The van der Waals surface area contributed by atoms with Gasteiger partial charge in [-0.3, -0.25) is 4.99 Å². The summed E-state index contributed by atoms with van der Waals surface area (Å²) in [5, 5.41) is 3.63. The third-order valence-electron chi connectivity index (χ3n) is 5.51. The fraction of sp³-hybridized carbons (Fsp3) is 0.708. The highest BCUT2D eigenvalue weighted by molar-refractivity contribution is 5.82. The van der Waals surface area contributed by atoms with Crippen molar-refractivity contribution in [1.82, 2.24) is 5.32 Å². The molecule has 3 heteroatoms. The second kappa shape index (κ2) is 14.7. The van der Waals surface area contributed by atoms with E-state index >= 15 is 0 Å². The van der Waals surface area contributed by atoms with Gasteiger partial charge in [-0.1, -0.05) is 95.8 Å². The minimum atomic E-state index is 0.917. The number of anilines is 1. The van der Waals surface area contributed by atoms with E-state index in [1.54, 1.807) is 0 Å². The van der Waals surface area contributed by atoms with Gasteiger partial charge in [-0.15, -0.1) is 0 Å². The van der Waals surface area contributed by atoms with Crippen LogP contribution in [0.4, 0.5) is 5.69 Å². The highest BCUT2D eigenvalue weighted by Gasteiger charge is 2.11. The Kier molecular flexibility index (Phi) is 11.9. The first-order chi connectivity index (χ1) is 13.4. The van der Waals surface area contributed by atoms with Gasteiger partial charge in [-0.2, -0.15) is 0 Å². The van der Waals surface area contributed by atoms with E-state index in [9.17, 15) is 0 Å². The zero-order valence-corrected chi connectivity index (χ0v) is 17.6. The van der Waals surface area contributed by atoms with Crippen molar-refractivity contribution in [2.45, 2.75) is 90.5 Å². The molecular weight excluding hydrogens is 330 g/mol. The molecule has 0 unspecified atom stereocenters. The average molecular weight is 372 g/mol. The molecule has 0 aliphatic carbocycles. The quantitative estimate of drug-likeness (QED) is 0.344. The molecule has 0 amide bonds. The summed E-state index contributed by atoms with van der Waals surface area (Å²) in [5.74, 6) is 0. The number of aliphatic imine (C=N–C) groups is 1. The Balaban J connectivity index is 1.43. The lowest BCUT2D eigenvalue weighted by Crippen LogP contribution is -2.22. The fourth-order valence-electron chi connectivity index (χ4n) is 3.82. The number of rotatable bonds is 16. The van der Waals surface area contributed by atoms with Crippen LogP contribution in [0.25, 0.3) is 0 Å². The lowest BCUT2D eigenvalue weighted by molar-refractivity contribution is 0.535. The number of nitrogens with one attached hydrogen (secondary N) is 1. The first kappa shape index (κ1) is 21.9. The van der Waals surface area contributed by atoms with E-state index in [4.69, 9.17) is 0 Å². The van der Waals surface area contributed by atoms with Crippen molar-refractivity contribution in [1.29, 1.82) is 0 Å². The van der Waals surface area contributed by atoms with E-state index in [-0.39, 0.29) is 0 Å². The molecule has 0 saturated heterocycles. The standard InChI is InChI=1S/C24H41N3/c1-2-3-4-5-6-7-8-9-10-11-12-15-18-25-21-23-16-13-14-17-24(23)27-20-19-26-22-27/h13-14,16-17,22,25H,2-12,15,18-21H2,1H3. The molecule has 2 rings (SSSR count). The third kappa shape index (κ3) is 9.41. The summed E-state index contributed by atoms with van der Waals surface area (Å²) in [6.45, 7) is 6.30. The zero-order valence-electron chi connectivity index (χ0n) is 17.6. The predicted molar refractivity (Wildman–Crippen MR) is 120 cm³/mol. The SMILES string of the molecule is CCCCCCCCCCCCCCNCc1ccccc1N1C=NCC1. The molecule has 0 saturated carbocycles. The summed E-state index contributed by atoms with van der Waals surface area (Å²) in [5.41, 5.74) is 2.69. The Morgan fingerprint density at radius 3 is 2.11 bits per heavy atom. The van der Waals surface area contributed by atoms with Gasteiger partial charge in [0.1, 0.15) is 0 Å². The molecule has 1 aliphatic rings. The number of para-hydroxylation sites is 1. The molecule has 0 aromatic heterocycles. The maximum atomic E-state index is 4.34. The van der Waals surface area contributed by atoms with E-state index in [1.165, 1.54) is 88.3 Å². The Labute approximate surface area is 167 Å². The van der Waals surface area contributed by atoms with Gasteiger partial charge in [-0.25, -0.2) is 0 Å². The molecule has 1 aromatic rings. The van der Waals surface area contributed by atoms with Crippen LogP contribution >= 0.6 is 0 Å². The molecule has 0 radical (unpaired) electrons. The maximum Gasteiger partial charge on any atom is 0.0895 e. The van der Waals surface area contributed by atoms with Crippen LogP contribution in [0.5, 0.6) is 0 Å². The fourth-order valence-corrected chi connectivity index (χ4v) is 3.82. The first-order valence-corrected chi connectivity index (χ1v) is 11.5. The monoisotopic (exact) mass is 371 g/mol. The van der Waals surface area contributed by atoms with Gasteiger partial charge in [-0.05, 0) is 24.6 Å². The molecular formula is C24H41N3. The van der Waals surface area contributed by atoms with E-state index in [0.717, 1.165) is 26.2 Å². The Hall–Kier alpha value is -1.35. The van der Waals surface area contributed by atoms with Gasteiger partial charge in [0.05, 0.1) is 12.9 Å². The topological polar surface area (TPSA) is 27.6 Å². The van der Waals surface area contributed by atoms with Crippen molar-refractivity contribution in [2.75, 3.05) is 24.5 Å². The molecule has 0 bridgehead atoms. The Morgan fingerprint density at radius 1 is 0.852 bits per heavy atom. The minimum absolute atomic E-state index is 0.917. The number of nitrogens with zero attached hydrogens (tertiary/aromatic N) is 2. The van der Waals surface area contributed by atoms with Gasteiger partial charge < -0.3 is 10.2 Å². The minimum Gasteiger partial charge on any atom is -0.331 e. The van der Waals surface area contributed by atoms with E-state index in [1.807, 2.05) is 6.34 Å². The third-order valence-corrected chi connectivity index (χ3v) is 5.51. The largest absolute Gasteiger partial charge is 0.331 e. The zero-order chi connectivity index (χ0) is 19.0. The molecule has 0 fully saturated rings. The van der Waals surface area contributed by atoms with Crippen molar-refractivity contribution >= 4 is 12.0 Å². The smallest absolute Gasteiger partial charge is 0.0895 e. The lowest BCUT2D eigenvalue weighted by atomic mass is 10.1. The van der Waals surface area contributed by atoms with Crippen molar-refractivity contribution < 1.29 is 0 Å². The molecule has 1 N–H and O–H groups in total. The second-order valence-electron chi connectivity index (χ2n) is 7.91. The first-order valence-electron chi connectivity index (χ1n) is 11.5. The van der Waals surface area contributed by atoms with Crippen LogP contribution in [-0.2, 0) is 6.54 Å². The molecule has 3 nitrogen and oxygen atoms in total. The molecule has 27 heavy (non-hydrogen) atoms. The van der Waals surface area contributed by atoms with Crippen LogP contribution in [0, 0.1) is 0 Å². The number of hydrogen-bond donors (Lipinski definition) is 1. The van der Waals surface area contributed by atoms with Gasteiger partial charge in [0.25, 0.3) is 0 Å². The van der Waals surface area contributed by atoms with Crippen LogP contribution in [0.2, 0.25) is 0 Å². The number of unbranched alkanes of at least 4 members (excludes halogenated alkanes) is 11. The summed E-state index contributed by atoms with van der Waals surface area (Å²) in [6, 6.07) is 8.70. The molecule has 152 valence electrons. The molecule has 1 aromatic carbocycles. The predicted octanol–water partition coefficient (Wildman–Crippen LogP) is 6.33. The highest BCUT2D eigenvalue weighted by Crippen LogP contribution is 2.20. The van der Waals surface area contributed by atoms with Crippen LogP contribution in [0.15, 0.2) is 29.3 Å². The summed E-state index contributed by atoms with van der Waals surface area (Å²) in [6.07, 6.45) is 18.9. The molecule has 1 heterocycles. The van der Waals surface area contributed by atoms with Crippen molar-refractivity contribution in [3.8, 4) is 0 Å². The van der Waals surface area contributed by atoms with Crippen molar-refractivity contribution in [3.05, 3.63) is 29.8 Å². The summed E-state index contributed by atoms with van der Waals surface area (Å²) >= 11 is 0. The van der Waals surface area contributed by atoms with Gasteiger partial charge in [0.2, 0.25) is 0 Å². The van der Waals surface area contributed by atoms with E-state index in [2.05, 4.69) is 46.4 Å². The Morgan fingerprint density at radius 2 is 1.48 bits per heavy atom. The van der Waals surface area contributed by atoms with Crippen LogP contribution < -0.4 is 10.2 Å². The van der Waals surface area contributed by atoms with E-state index < -0.39 is 0 Å². The highest BCUT2D eigenvalue weighted by atomic mass is 15.2. The van der Waals surface area contributed by atoms with Crippen LogP contribution in [-0.4, -0.2) is 26.0 Å². The van der Waals surface area contributed by atoms with E-state index in [0.29, 0.717) is 0 Å². The van der Waals surface area contributed by atoms with Gasteiger partial charge in [0, 0.05) is 18.8 Å². The summed E-state index contributed by atoms with van der Waals surface area (Å²) in [7, 11) is 0. The second-order valence-corrected chi connectivity index (χ2v) is 7.91. The van der Waals surface area contributed by atoms with Crippen molar-refractivity contribution in [3.63, 3.8) is 0 Å². The van der Waals surface area contributed by atoms with Crippen LogP contribution in [0.3, 0.4) is 0 Å².